The molecule has 12 amide bonds. The summed E-state index contributed by atoms with van der Waals surface area (Å²) >= 11 is 0. The molecule has 3 aliphatic heterocycles. The van der Waals surface area contributed by atoms with Crippen LogP contribution in [0.3, 0.4) is 0 Å². The van der Waals surface area contributed by atoms with Crippen LogP contribution in [0, 0.1) is 23.7 Å². The Morgan fingerprint density at radius 1 is 0.621 bits per heavy atom. The Bertz CT molecular complexity index is 4450. The van der Waals surface area contributed by atoms with Gasteiger partial charge in [-0.05, 0) is 80.0 Å². The van der Waals surface area contributed by atoms with Gasteiger partial charge < -0.3 is 149 Å². The van der Waals surface area contributed by atoms with Gasteiger partial charge in [0.15, 0.2) is 6.10 Å². The molecule has 0 aliphatic carbocycles. The van der Waals surface area contributed by atoms with E-state index >= 15 is 4.79 Å². The van der Waals surface area contributed by atoms with Crippen LogP contribution in [-0.2, 0) is 131 Å². The van der Waals surface area contributed by atoms with Crippen molar-refractivity contribution in [3.8, 4) is 5.75 Å². The number of aliphatic hydroxyl groups is 4. The number of carbonyl (C=O) groups excluding carboxylic acids is 12. The van der Waals surface area contributed by atoms with Gasteiger partial charge in [0, 0.05) is 111 Å². The number of carboxylic acid groups (broad SMARTS) is 1. The number of anilines is 1. The number of unbranched alkanes of at least 4 members (excludes halogenated alkanes) is 1. The number of nitrogens with one attached hydrogen (secondary N) is 7. The van der Waals surface area contributed by atoms with Gasteiger partial charge in [-0.25, -0.2) is 18.0 Å². The number of amides is 12. The topological polar surface area (TPSA) is 623 Å². The lowest BCUT2D eigenvalue weighted by Crippen LogP contribution is -2.61. The fourth-order valence-electron chi connectivity index (χ4n) is 16.7. The van der Waals surface area contributed by atoms with Crippen LogP contribution in [0.5, 0.6) is 5.75 Å². The standard InChI is InChI=1S/C97H159N13O34S/c1-15-64(6)83(74(132-13)59-80(116)108-38-21-27-71(108)88(133-14)65(7)90(121)102-66(8)84(117)68-24-17-16-18-25-68)106(9)94(125)81(62(2)3)105-93(124)82(63(4)5)107(10)97(128)142-61-67-29-30-73(143-96-87(120)85(118)86(119)89(144-96)95(126)127)70(58-67)103-77(113)33-36-101-91(122)69(104-92(123)72(60-98)109-78(114)31-32-79(109)115)26-19-20-35-99-76(112)34-41-134-43-45-136-47-49-138-51-53-140-55-56-141-54-52-139-50-48-137-46-44-135-42-37-100-75(111)28-22-39-110(11,12)40-23-57-145(129,130)131/h16-18,24-25,29-32,58,62-66,69,71-72,74,81-89,96,117-120H,15,19-23,26-28,33-57,59-61,98H2,1-14H3,(H8-,99,100,101,102,103,104,105,111,112,113,121,122,123,124,126,127,129,130,131)/t64-,65+,66+,69-,71-,72-,74+,81-,82-,83-,84+,85-,86-,87+,88+,89-,96+/m0/s1. The number of benzene rings is 2. The summed E-state index contributed by atoms with van der Waals surface area (Å²) in [5.41, 5.74) is 6.44. The second-order valence-corrected chi connectivity index (χ2v) is 38.8. The van der Waals surface area contributed by atoms with Crippen molar-refractivity contribution >= 4 is 92.8 Å². The lowest BCUT2D eigenvalue weighted by molar-refractivity contribution is -0.890. The zero-order valence-electron chi connectivity index (χ0n) is 86.2. The minimum absolute atomic E-state index is 0.00484. The van der Waals surface area contributed by atoms with Crippen LogP contribution in [0.2, 0.25) is 0 Å². The largest absolute Gasteiger partial charge is 0.748 e. The van der Waals surface area contributed by atoms with Gasteiger partial charge in [0.05, 0.1) is 197 Å². The summed E-state index contributed by atoms with van der Waals surface area (Å²) in [4.78, 5) is 182. The van der Waals surface area contributed by atoms with Crippen LogP contribution in [0.4, 0.5) is 10.5 Å². The first-order valence-electron chi connectivity index (χ1n) is 49.5. The van der Waals surface area contributed by atoms with Crippen molar-refractivity contribution in [3.05, 3.63) is 71.8 Å². The molecule has 2 fully saturated rings. The van der Waals surface area contributed by atoms with E-state index in [1.165, 1.54) is 44.4 Å². The zero-order chi connectivity index (χ0) is 107. The minimum Gasteiger partial charge on any atom is -0.748 e. The van der Waals surface area contributed by atoms with Crippen LogP contribution in [0.15, 0.2) is 60.7 Å². The maximum absolute atomic E-state index is 15.0. The number of quaternary nitrogens is 1. The highest BCUT2D eigenvalue weighted by atomic mass is 32.2. The number of hydrogen-bond acceptors (Lipinski definition) is 34. The number of aliphatic hydroxyl groups excluding tert-OH is 4. The molecule has 48 heteroatoms. The lowest BCUT2D eigenvalue weighted by atomic mass is 9.89. The zero-order valence-corrected chi connectivity index (χ0v) is 87.0. The van der Waals surface area contributed by atoms with Crippen LogP contribution in [0.1, 0.15) is 150 Å². The van der Waals surface area contributed by atoms with Gasteiger partial charge in [-0.3, -0.25) is 62.5 Å². The number of ether oxygens (including phenoxy) is 13. The molecule has 17 atom stereocenters. The van der Waals surface area contributed by atoms with E-state index in [1.807, 2.05) is 34.0 Å². The molecule has 0 bridgehead atoms. The molecule has 47 nitrogen and oxygen atoms in total. The third-order valence-corrected chi connectivity index (χ3v) is 25.8. The predicted molar refractivity (Wildman–Crippen MR) is 523 cm³/mol. The summed E-state index contributed by atoms with van der Waals surface area (Å²) in [5.74, 6) is -11.2. The van der Waals surface area contributed by atoms with E-state index in [-0.39, 0.29) is 118 Å². The van der Waals surface area contributed by atoms with Gasteiger partial charge in [-0.1, -0.05) is 91.3 Å². The molecule has 2 aromatic carbocycles. The van der Waals surface area contributed by atoms with Crippen LogP contribution in [-0.4, -0.2) is 425 Å². The molecule has 822 valence electrons. The van der Waals surface area contributed by atoms with Crippen molar-refractivity contribution < 1.29 is 167 Å². The van der Waals surface area contributed by atoms with Gasteiger partial charge >= 0.3 is 12.1 Å². The smallest absolute Gasteiger partial charge is 0.410 e. The van der Waals surface area contributed by atoms with Gasteiger partial charge in [0.25, 0.3) is 11.8 Å². The van der Waals surface area contributed by atoms with Crippen molar-refractivity contribution in [1.82, 2.24) is 51.5 Å². The predicted octanol–water partition coefficient (Wildman–Crippen LogP) is -0.251. The molecule has 14 N–H and O–H groups in total. The molecule has 5 rings (SSSR count). The van der Waals surface area contributed by atoms with E-state index in [1.54, 1.807) is 77.8 Å². The molecule has 145 heavy (non-hydrogen) atoms. The number of likely N-dealkylation sites (tertiary alicyclic amines) is 1. The quantitative estimate of drug-likeness (QED) is 0.0176. The number of hydrogen-bond donors (Lipinski definition) is 13. The Kier molecular flexibility index (Phi) is 57.8. The van der Waals surface area contributed by atoms with Crippen molar-refractivity contribution in [2.24, 2.45) is 29.4 Å². The Morgan fingerprint density at radius 3 is 1.73 bits per heavy atom. The molecular weight excluding hydrogens is 1920 g/mol. The normalized spacial score (nSPS) is 18.8. The summed E-state index contributed by atoms with van der Waals surface area (Å²) in [6.07, 6.45) is -9.44. The summed E-state index contributed by atoms with van der Waals surface area (Å²) < 4.78 is 106. The molecule has 0 spiro atoms. The monoisotopic (exact) mass is 2080 g/mol. The highest BCUT2D eigenvalue weighted by Gasteiger charge is 2.50. The van der Waals surface area contributed by atoms with E-state index in [2.05, 4.69) is 37.2 Å². The maximum atomic E-state index is 15.0. The van der Waals surface area contributed by atoms with Crippen LogP contribution in [0.25, 0.3) is 0 Å². The highest BCUT2D eigenvalue weighted by Crippen LogP contribution is 2.34. The number of aliphatic carboxylic acids is 1. The first-order valence-corrected chi connectivity index (χ1v) is 51.1. The van der Waals surface area contributed by atoms with Crippen molar-refractivity contribution in [1.29, 1.82) is 0 Å². The molecule has 0 saturated carbocycles. The van der Waals surface area contributed by atoms with E-state index in [4.69, 9.17) is 67.3 Å². The number of carboxylic acids is 1. The Balaban J connectivity index is 1.08. The fraction of sp³-hybridized carbons (Fsp3) is 0.722. The average molecular weight is 2080 g/mol. The van der Waals surface area contributed by atoms with Crippen molar-refractivity contribution in [2.45, 2.75) is 230 Å². The number of likely N-dealkylation sites (N-methyl/N-ethyl adjacent to an activating group) is 2. The Labute approximate surface area is 849 Å². The SMILES string of the molecule is CC[C@H](C)[C@@H]([C@@H](CC(=O)N1CCC[C@H]1[C@H](OC)[C@@H](C)C(=O)N[C@H](C)[C@@H](O)c1ccccc1)OC)N(C)C(=O)[C@@H](NC(=O)[C@H](C(C)C)N(C)C(=O)OCc1ccc(O[C@@H]2O[C@H](C(=O)O)[C@@H](O)[C@H](O)[C@H]2O)c(NC(=O)CCNC(=O)[C@H](CCCCNC(=O)CCOCCOCCOCCOCCOCCOCCOCCOCCNC(=O)CCC[N+](C)(C)CCCS(=O)(=O)[O-])NC(=O)[C@H](CN)N2C(=O)C=CC2=O)c1)C(C)C. The Hall–Kier alpha value is -9.68. The number of nitrogens with two attached hydrogens (primary N) is 1. The van der Waals surface area contributed by atoms with Gasteiger partial charge in [-0.2, -0.15) is 0 Å². The second kappa shape index (κ2) is 66.6. The van der Waals surface area contributed by atoms with Crippen LogP contribution >= 0.6 is 0 Å². The molecule has 3 aliphatic rings. The second-order valence-electron chi connectivity index (χ2n) is 37.2. The van der Waals surface area contributed by atoms with Crippen molar-refractivity contribution in [2.75, 3.05) is 205 Å². The van der Waals surface area contributed by atoms with Gasteiger partial charge in [0.1, 0.15) is 54.8 Å². The van der Waals surface area contributed by atoms with Gasteiger partial charge in [-0.15, -0.1) is 0 Å². The van der Waals surface area contributed by atoms with E-state index in [0.717, 1.165) is 17.1 Å². The molecule has 3 heterocycles. The summed E-state index contributed by atoms with van der Waals surface area (Å²) in [5, 5.41) is 72.1. The number of rotatable bonds is 74. The van der Waals surface area contributed by atoms with Gasteiger partial charge in [0.2, 0.25) is 59.5 Å². The summed E-state index contributed by atoms with van der Waals surface area (Å²) in [7, 11) is 5.44. The third-order valence-electron chi connectivity index (χ3n) is 25.0. The fourth-order valence-corrected chi connectivity index (χ4v) is 17.2. The Morgan fingerprint density at radius 2 is 1.19 bits per heavy atom. The summed E-state index contributed by atoms with van der Waals surface area (Å²) in [6, 6.07) is 5.51. The third kappa shape index (κ3) is 44.3. The maximum Gasteiger partial charge on any atom is 0.410 e. The highest BCUT2D eigenvalue weighted by molar-refractivity contribution is 7.85. The van der Waals surface area contributed by atoms with E-state index in [0.29, 0.717) is 153 Å². The molecular formula is C97H159N13O34S. The minimum atomic E-state index is -4.24. The van der Waals surface area contributed by atoms with Crippen LogP contribution < -0.4 is 47.7 Å². The number of nitrogens with zero attached hydrogens (tertiary/aromatic N) is 5. The number of imide groups is 1. The number of carbonyl (C=O) groups is 13. The number of methoxy groups -OCH3 is 2. The molecule has 0 radical (unpaired) electrons. The lowest BCUT2D eigenvalue weighted by Gasteiger charge is -2.41. The average Bonchev–Trinajstić information content (AvgIpc) is 1.43. The first kappa shape index (κ1) is 126. The summed E-state index contributed by atoms with van der Waals surface area (Å²) in [6.45, 7) is 19.7. The molecule has 2 saturated heterocycles. The first-order chi connectivity index (χ1) is 68.9. The molecule has 2 aromatic rings. The molecule has 0 aromatic heterocycles. The van der Waals surface area contributed by atoms with Crippen molar-refractivity contribution in [3.63, 3.8) is 0 Å². The van der Waals surface area contributed by atoms with E-state index < -0.39 is 204 Å². The molecule has 0 unspecified atom stereocenters. The van der Waals surface area contributed by atoms with E-state index in [9.17, 15) is 96.0 Å².